The van der Waals surface area contributed by atoms with Crippen LogP contribution in [0.15, 0.2) is 0 Å². The molecule has 0 rings (SSSR count). The molecule has 0 unspecified atom stereocenters. The summed E-state index contributed by atoms with van der Waals surface area (Å²) >= 11 is 0. The fourth-order valence-corrected chi connectivity index (χ4v) is 0.236. The Morgan fingerprint density at radius 3 is 2.50 bits per heavy atom. The van der Waals surface area contributed by atoms with Crippen molar-refractivity contribution in [2.24, 2.45) is 0 Å². The van der Waals surface area contributed by atoms with Crippen LogP contribution in [0.2, 0.25) is 13.1 Å². The normalized spacial score (nSPS) is 8.33. The summed E-state index contributed by atoms with van der Waals surface area (Å²) in [6.45, 7) is 2.88. The highest BCUT2D eigenvalue weighted by Gasteiger charge is 1.76. The summed E-state index contributed by atoms with van der Waals surface area (Å²) in [6.07, 6.45) is 1.07. The topological polar surface area (TPSA) is 9.23 Å². The number of rotatable bonds is 3. The number of methoxy groups -OCH3 is 1. The van der Waals surface area contributed by atoms with Crippen LogP contribution in [0.5, 0.6) is 0 Å². The van der Waals surface area contributed by atoms with E-state index in [0.717, 1.165) is 12.9 Å². The Hall–Kier alpha value is 0.0249. The van der Waals surface area contributed by atoms with Crippen LogP contribution >= 0.6 is 0 Å². The van der Waals surface area contributed by atoms with Crippen molar-refractivity contribution in [3.8, 4) is 0 Å². The van der Waals surface area contributed by atoms with Gasteiger partial charge >= 0.3 is 0 Å². The van der Waals surface area contributed by atoms with Crippen molar-refractivity contribution in [1.82, 2.24) is 0 Å². The molecular weight excluding hydrogens is 74.9 g/mol. The Bertz CT molecular complexity index is 19.5. The zero-order chi connectivity index (χ0) is 4.83. The van der Waals surface area contributed by atoms with E-state index in [-0.39, 0.29) is 0 Å². The molecule has 1 radical (unpaired) electrons. The van der Waals surface area contributed by atoms with Crippen molar-refractivity contribution in [2.45, 2.75) is 13.1 Å². The average Bonchev–Trinajstić information content (AvgIpc) is 1.61. The Kier molecular flexibility index (Phi) is 5.05. The molecule has 1 nitrogen and oxygen atoms in total. The van der Waals surface area contributed by atoms with Crippen LogP contribution in [0.3, 0.4) is 0 Å². The smallest absolute Gasteiger partial charge is 0.108 e. The van der Waals surface area contributed by atoms with Crippen molar-refractivity contribution < 1.29 is 4.74 Å². The highest BCUT2D eigenvalue weighted by molar-refractivity contribution is 6.33. The van der Waals surface area contributed by atoms with E-state index in [0.29, 0.717) is 0 Å². The van der Waals surface area contributed by atoms with Gasteiger partial charge in [0.05, 0.1) is 0 Å². The molecule has 0 atom stereocenters. The Morgan fingerprint density at radius 2 is 2.33 bits per heavy atom. The molecule has 0 saturated heterocycles. The van der Waals surface area contributed by atoms with Crippen molar-refractivity contribution in [1.29, 1.82) is 0 Å². The minimum atomic E-state index is 0.858. The van der Waals surface area contributed by atoms with Crippen LogP contribution in [0.4, 0.5) is 0 Å². The van der Waals surface area contributed by atoms with Crippen molar-refractivity contribution in [3.63, 3.8) is 0 Å². The minimum Gasteiger partial charge on any atom is -0.385 e. The fraction of sp³-hybridized carbons (Fsp3) is 1.00. The summed E-state index contributed by atoms with van der Waals surface area (Å²) in [4.78, 5) is 0. The molecule has 0 aliphatic carbocycles. The summed E-state index contributed by atoms with van der Waals surface area (Å²) in [5.41, 5.74) is 0. The van der Waals surface area contributed by atoms with Gasteiger partial charge in [0.25, 0.3) is 0 Å². The predicted octanol–water partition coefficient (Wildman–Crippen LogP) is 0.803. The molecule has 0 aliphatic heterocycles. The van der Waals surface area contributed by atoms with Gasteiger partial charge in [0.2, 0.25) is 0 Å². The van der Waals surface area contributed by atoms with Crippen LogP contribution < -0.4 is 0 Å². The fourth-order valence-electron chi connectivity index (χ4n) is 0.236. The summed E-state index contributed by atoms with van der Waals surface area (Å²) < 4.78 is 4.75. The van der Waals surface area contributed by atoms with Gasteiger partial charge in [-0.15, -0.1) is 0 Å². The summed E-state index contributed by atoms with van der Waals surface area (Å²) in [7, 11) is 3.80. The van der Waals surface area contributed by atoms with Gasteiger partial charge < -0.3 is 4.74 Å². The van der Waals surface area contributed by atoms with E-state index in [1.807, 2.05) is 6.82 Å². The van der Waals surface area contributed by atoms with Crippen molar-refractivity contribution in [3.05, 3.63) is 0 Å². The molecule has 2 heteroatoms. The second kappa shape index (κ2) is 5.02. The van der Waals surface area contributed by atoms with Gasteiger partial charge in [-0.25, -0.2) is 0 Å². The minimum absolute atomic E-state index is 0.858. The second-order valence-electron chi connectivity index (χ2n) is 1.19. The summed E-state index contributed by atoms with van der Waals surface area (Å²) in [6, 6.07) is 0. The lowest BCUT2D eigenvalue weighted by Gasteiger charge is -1.88. The molecule has 0 saturated carbocycles. The highest BCUT2D eigenvalue weighted by atomic mass is 16.5. The number of hydrogen-bond acceptors (Lipinski definition) is 1. The molecular formula is C4H10BO. The number of hydrogen-bond donors (Lipinski definition) is 0. The largest absolute Gasteiger partial charge is 0.385 e. The molecule has 0 N–H and O–H groups in total. The molecule has 0 bridgehead atoms. The van der Waals surface area contributed by atoms with Gasteiger partial charge in [0, 0.05) is 13.7 Å². The number of ether oxygens (including phenoxy) is 1. The molecule has 0 aliphatic rings. The molecule has 6 heavy (non-hydrogen) atoms. The van der Waals surface area contributed by atoms with E-state index in [4.69, 9.17) is 4.74 Å². The van der Waals surface area contributed by atoms with Gasteiger partial charge in [0.15, 0.2) is 0 Å². The zero-order valence-electron chi connectivity index (χ0n) is 4.40. The maximum atomic E-state index is 4.75. The summed E-state index contributed by atoms with van der Waals surface area (Å²) in [5.74, 6) is 0. The maximum Gasteiger partial charge on any atom is 0.108 e. The quantitative estimate of drug-likeness (QED) is 0.363. The monoisotopic (exact) mass is 85.1 g/mol. The standard InChI is InChI=1S/C4H10BO/c1-5-3-4-6-2/h3-4H2,1-2H3. The third-order valence-corrected chi connectivity index (χ3v) is 0.611. The third-order valence-electron chi connectivity index (χ3n) is 0.611. The predicted molar refractivity (Wildman–Crippen MR) is 28.3 cm³/mol. The lowest BCUT2D eigenvalue weighted by Crippen LogP contribution is -1.89. The van der Waals surface area contributed by atoms with Gasteiger partial charge in [-0.1, -0.05) is 13.1 Å². The van der Waals surface area contributed by atoms with Gasteiger partial charge in [0.1, 0.15) is 7.28 Å². The van der Waals surface area contributed by atoms with E-state index >= 15 is 0 Å². The molecule has 0 heterocycles. The van der Waals surface area contributed by atoms with Crippen LogP contribution in [-0.4, -0.2) is 21.0 Å². The molecule has 35 valence electrons. The molecule has 0 fully saturated rings. The van der Waals surface area contributed by atoms with Gasteiger partial charge in [-0.2, -0.15) is 0 Å². The van der Waals surface area contributed by atoms with Crippen molar-refractivity contribution in [2.75, 3.05) is 13.7 Å². The molecule has 0 aromatic heterocycles. The molecule has 0 aromatic carbocycles. The van der Waals surface area contributed by atoms with Crippen molar-refractivity contribution >= 4 is 7.28 Å². The highest BCUT2D eigenvalue weighted by Crippen LogP contribution is 1.75. The van der Waals surface area contributed by atoms with E-state index in [1.165, 1.54) is 0 Å². The van der Waals surface area contributed by atoms with Crippen LogP contribution in [0.1, 0.15) is 0 Å². The zero-order valence-corrected chi connectivity index (χ0v) is 4.40. The van der Waals surface area contributed by atoms with Gasteiger partial charge in [-0.05, 0) is 0 Å². The maximum absolute atomic E-state index is 4.75. The lowest BCUT2D eigenvalue weighted by atomic mass is 9.79. The molecule has 0 spiro atoms. The third kappa shape index (κ3) is 4.02. The molecule has 0 amide bonds. The second-order valence-corrected chi connectivity index (χ2v) is 1.19. The van der Waals surface area contributed by atoms with E-state index in [9.17, 15) is 0 Å². The Balaban J connectivity index is 2.34. The van der Waals surface area contributed by atoms with Gasteiger partial charge in [-0.3, -0.25) is 0 Å². The Morgan fingerprint density at radius 1 is 1.67 bits per heavy atom. The van der Waals surface area contributed by atoms with Crippen LogP contribution in [0, 0.1) is 0 Å². The summed E-state index contributed by atoms with van der Waals surface area (Å²) in [5, 5.41) is 0. The first-order chi connectivity index (χ1) is 2.91. The van der Waals surface area contributed by atoms with E-state index < -0.39 is 0 Å². The molecule has 0 aromatic rings. The van der Waals surface area contributed by atoms with Crippen LogP contribution in [0.25, 0.3) is 0 Å². The van der Waals surface area contributed by atoms with E-state index in [1.54, 1.807) is 7.11 Å². The van der Waals surface area contributed by atoms with Crippen LogP contribution in [-0.2, 0) is 4.74 Å². The average molecular weight is 84.9 g/mol. The first-order valence-corrected chi connectivity index (χ1v) is 2.18. The Labute approximate surface area is 39.9 Å². The van der Waals surface area contributed by atoms with E-state index in [2.05, 4.69) is 7.28 Å². The first-order valence-electron chi connectivity index (χ1n) is 2.18. The first kappa shape index (κ1) is 6.02. The SMILES string of the molecule is C[B]CCOC. The lowest BCUT2D eigenvalue weighted by molar-refractivity contribution is 0.215.